The number of rotatable bonds is 0. The molecule has 0 atom stereocenters. The second-order valence-corrected chi connectivity index (χ2v) is 0. The molecule has 11 heavy (non-hydrogen) atoms. The van der Waals surface area contributed by atoms with Crippen LogP contribution in [0.2, 0.25) is 0 Å². The molecule has 0 rings (SSSR count). The Balaban J connectivity index is -0.000000000139. The van der Waals surface area contributed by atoms with Gasteiger partial charge in [-0.1, -0.05) is 0 Å². The average Bonchev–Trinajstić information content (AvgIpc) is 1.00. The molecule has 0 heterocycles. The van der Waals surface area contributed by atoms with Gasteiger partial charge in [-0.15, -0.1) is 0 Å². The summed E-state index contributed by atoms with van der Waals surface area (Å²) in [7, 11) is 0. The van der Waals surface area contributed by atoms with E-state index in [0.29, 0.717) is 0 Å². The molecular formula is H19NO9W. The van der Waals surface area contributed by atoms with Crippen LogP contribution in [0.25, 0.3) is 0 Å². The summed E-state index contributed by atoms with van der Waals surface area (Å²) in [5.74, 6) is 0. The van der Waals surface area contributed by atoms with Crippen LogP contribution >= 0.6 is 0 Å². The SMILES string of the molecule is N.O.O.O.O.O.O.O.OO.[W]. The van der Waals surface area contributed by atoms with Gasteiger partial charge in [0.1, 0.15) is 0 Å². The van der Waals surface area contributed by atoms with Gasteiger partial charge in [-0.2, -0.15) is 0 Å². The minimum absolute atomic E-state index is 0. The van der Waals surface area contributed by atoms with Crippen molar-refractivity contribution in [3.8, 4) is 0 Å². The third kappa shape index (κ3) is 8500. The molecule has 0 aliphatic carbocycles. The molecule has 0 aliphatic heterocycles. The second-order valence-electron chi connectivity index (χ2n) is 0. The predicted octanol–water partition coefficient (Wildman–Crippen LogP) is -5.60. The largest absolute Gasteiger partial charge is 0.412 e. The Morgan fingerprint density at radius 1 is 0.455 bits per heavy atom. The van der Waals surface area contributed by atoms with Crippen molar-refractivity contribution < 1.29 is 69.9 Å². The van der Waals surface area contributed by atoms with Crippen LogP contribution < -0.4 is 6.15 Å². The Bertz CT molecular complexity index is 9.52. The summed E-state index contributed by atoms with van der Waals surface area (Å²) in [4.78, 5) is 0. The summed E-state index contributed by atoms with van der Waals surface area (Å²) >= 11 is 0. The Morgan fingerprint density at radius 2 is 0.455 bits per heavy atom. The third-order valence-electron chi connectivity index (χ3n) is 0. The smallest absolute Gasteiger partial charge is 0 e. The van der Waals surface area contributed by atoms with E-state index in [4.69, 9.17) is 10.5 Å². The molecule has 0 radical (unpaired) electrons. The molecular weight excluding hydrogens is 342 g/mol. The van der Waals surface area contributed by atoms with Gasteiger partial charge in [0.25, 0.3) is 0 Å². The second kappa shape index (κ2) is 10700. The Morgan fingerprint density at radius 3 is 0.455 bits per heavy atom. The van der Waals surface area contributed by atoms with Gasteiger partial charge < -0.3 is 44.5 Å². The molecule has 0 spiro atoms. The molecule has 0 bridgehead atoms. The average molecular weight is 361 g/mol. The van der Waals surface area contributed by atoms with Crippen molar-refractivity contribution in [1.82, 2.24) is 6.15 Å². The van der Waals surface area contributed by atoms with E-state index in [1.165, 1.54) is 0 Å². The van der Waals surface area contributed by atoms with Crippen molar-refractivity contribution in [3.05, 3.63) is 0 Å². The van der Waals surface area contributed by atoms with Crippen LogP contribution in [0.3, 0.4) is 0 Å². The first-order valence-corrected chi connectivity index (χ1v) is 0.200. The zero-order chi connectivity index (χ0) is 2.00. The minimum atomic E-state index is 0. The van der Waals surface area contributed by atoms with Gasteiger partial charge in [-0.25, -0.2) is 0 Å². The van der Waals surface area contributed by atoms with E-state index in [2.05, 4.69) is 0 Å². The van der Waals surface area contributed by atoms with Gasteiger partial charge in [0.2, 0.25) is 0 Å². The summed E-state index contributed by atoms with van der Waals surface area (Å²) in [6.45, 7) is 0. The van der Waals surface area contributed by atoms with Crippen molar-refractivity contribution in [2.75, 3.05) is 0 Å². The first-order chi connectivity index (χ1) is 1.00. The van der Waals surface area contributed by atoms with Crippen molar-refractivity contribution in [1.29, 1.82) is 0 Å². The fourth-order valence-corrected chi connectivity index (χ4v) is 0. The quantitative estimate of drug-likeness (QED) is 0.281. The van der Waals surface area contributed by atoms with E-state index < -0.39 is 0 Å². The molecule has 84 valence electrons. The maximum atomic E-state index is 6.00. The minimum Gasteiger partial charge on any atom is -0.412 e. The van der Waals surface area contributed by atoms with Crippen molar-refractivity contribution >= 4 is 0 Å². The maximum Gasteiger partial charge on any atom is 0 e. The maximum absolute atomic E-state index is 6.00. The van der Waals surface area contributed by atoms with E-state index in [1.54, 1.807) is 0 Å². The standard InChI is InChI=1S/H3N.H2O2.7H2O.W/c;1-2;;;;;;;;/h1H3;1-2H;7*1H2;. The molecule has 0 amide bonds. The molecule has 0 aromatic carbocycles. The fraction of sp³-hybridized carbons (Fsp3) is 0. The summed E-state index contributed by atoms with van der Waals surface area (Å²) in [5, 5.41) is 12.0. The van der Waals surface area contributed by atoms with Gasteiger partial charge in [0.15, 0.2) is 0 Å². The van der Waals surface area contributed by atoms with E-state index >= 15 is 0 Å². The molecule has 0 aromatic rings. The first kappa shape index (κ1) is 720. The molecule has 0 saturated heterocycles. The molecule has 0 unspecified atom stereocenters. The van der Waals surface area contributed by atoms with Gasteiger partial charge in [-0.05, 0) is 0 Å². The Hall–Kier alpha value is 0.288. The van der Waals surface area contributed by atoms with Crippen LogP contribution in [0, 0.1) is 0 Å². The van der Waals surface area contributed by atoms with Gasteiger partial charge in [0, 0.05) is 21.1 Å². The van der Waals surface area contributed by atoms with Crippen molar-refractivity contribution in [3.63, 3.8) is 0 Å². The number of hydrogen-bond donors (Lipinski definition) is 3. The molecule has 0 aliphatic rings. The van der Waals surface area contributed by atoms with E-state index in [9.17, 15) is 0 Å². The van der Waals surface area contributed by atoms with Crippen LogP contribution in [-0.2, 0) is 21.1 Å². The summed E-state index contributed by atoms with van der Waals surface area (Å²) in [6.07, 6.45) is 0. The predicted molar refractivity (Wildman–Crippen MR) is 35.6 cm³/mol. The van der Waals surface area contributed by atoms with Crippen molar-refractivity contribution in [2.24, 2.45) is 0 Å². The molecule has 0 aromatic heterocycles. The zero-order valence-corrected chi connectivity index (χ0v) is 8.44. The molecule has 0 fully saturated rings. The van der Waals surface area contributed by atoms with E-state index in [-0.39, 0.29) is 65.5 Å². The van der Waals surface area contributed by atoms with Gasteiger partial charge in [0.05, 0.1) is 0 Å². The normalized spacial score (nSPS) is 0.545. The van der Waals surface area contributed by atoms with Gasteiger partial charge in [-0.3, -0.25) is 10.5 Å². The van der Waals surface area contributed by atoms with Crippen LogP contribution in [0.15, 0.2) is 0 Å². The Kier molecular flexibility index (Phi) is 699000. The summed E-state index contributed by atoms with van der Waals surface area (Å²) in [6, 6.07) is 0. The first-order valence-electron chi connectivity index (χ1n) is 0.200. The fourth-order valence-electron chi connectivity index (χ4n) is 0. The molecule has 11 heteroatoms. The zero-order valence-electron chi connectivity index (χ0n) is 5.51. The number of hydrogen-bond acceptors (Lipinski definition) is 3. The van der Waals surface area contributed by atoms with Crippen molar-refractivity contribution in [2.45, 2.75) is 0 Å². The molecule has 19 N–H and O–H groups in total. The third-order valence-corrected chi connectivity index (χ3v) is 0. The molecule has 10 nitrogen and oxygen atoms in total. The topological polar surface area (TPSA) is 296 Å². The van der Waals surface area contributed by atoms with Crippen LogP contribution in [0.5, 0.6) is 0 Å². The summed E-state index contributed by atoms with van der Waals surface area (Å²) < 4.78 is 0. The van der Waals surface area contributed by atoms with Gasteiger partial charge >= 0.3 is 0 Å². The van der Waals surface area contributed by atoms with E-state index in [0.717, 1.165) is 0 Å². The van der Waals surface area contributed by atoms with Crippen LogP contribution in [0.1, 0.15) is 0 Å². The van der Waals surface area contributed by atoms with E-state index in [1.807, 2.05) is 0 Å². The Labute approximate surface area is 76.8 Å². The molecule has 0 saturated carbocycles. The summed E-state index contributed by atoms with van der Waals surface area (Å²) in [5.41, 5.74) is 0. The monoisotopic (exact) mass is 361 g/mol. The van der Waals surface area contributed by atoms with Crippen LogP contribution in [-0.4, -0.2) is 48.8 Å². The van der Waals surface area contributed by atoms with Crippen LogP contribution in [0.4, 0.5) is 0 Å².